The van der Waals surface area contributed by atoms with Gasteiger partial charge < -0.3 is 112 Å². The zero-order valence-corrected chi connectivity index (χ0v) is 80.2. The molecule has 130 heavy (non-hydrogen) atoms. The summed E-state index contributed by atoms with van der Waals surface area (Å²) in [7, 11) is 0. The van der Waals surface area contributed by atoms with Crippen LogP contribution in [0.1, 0.15) is 400 Å². The molecule has 24 N–H and O–H groups in total. The monoisotopic (exact) mass is 1850 g/mol. The summed E-state index contributed by atoms with van der Waals surface area (Å²) in [6.07, 6.45) is 45.4. The number of carboxylic acids is 1. The molecule has 35 heteroatoms. The van der Waals surface area contributed by atoms with E-state index in [-0.39, 0.29) is 96.9 Å². The normalized spacial score (nSPS) is 13.8. The van der Waals surface area contributed by atoms with Crippen molar-refractivity contribution in [1.29, 1.82) is 0 Å². The van der Waals surface area contributed by atoms with Crippen molar-refractivity contribution in [3.63, 3.8) is 0 Å². The number of hydrogen-bond donors (Lipinski definition) is 19. The molecule has 35 nitrogen and oxygen atoms in total. The highest BCUT2D eigenvalue weighted by atomic mass is 16.6. The predicted molar refractivity (Wildman–Crippen MR) is 505 cm³/mol. The second-order valence-electron chi connectivity index (χ2n) is 35.2. The molecule has 0 aliphatic carbocycles. The third-order valence-electron chi connectivity index (χ3n) is 23.4. The van der Waals surface area contributed by atoms with Crippen LogP contribution >= 0.6 is 0 Å². The molecular weight excluding hydrogens is 1670 g/mol. The van der Waals surface area contributed by atoms with Gasteiger partial charge in [0, 0.05) is 19.3 Å². The number of nitrogens with two attached hydrogens (primary N) is 5. The van der Waals surface area contributed by atoms with Gasteiger partial charge in [0.05, 0.1) is 26.2 Å². The van der Waals surface area contributed by atoms with Crippen LogP contribution in [0.15, 0.2) is 0 Å². The van der Waals surface area contributed by atoms with Crippen LogP contribution in [0.2, 0.25) is 0 Å². The summed E-state index contributed by atoms with van der Waals surface area (Å²) >= 11 is 0. The Morgan fingerprint density at radius 3 is 0.838 bits per heavy atom. The molecular formula is C95H179N15O20. The van der Waals surface area contributed by atoms with E-state index in [1.54, 1.807) is 0 Å². The Bertz CT molecular complexity index is 3050. The lowest BCUT2D eigenvalue weighted by Crippen LogP contribution is -2.61. The van der Waals surface area contributed by atoms with E-state index in [0.717, 1.165) is 90.4 Å². The highest BCUT2D eigenvalue weighted by Gasteiger charge is 2.36. The molecule has 0 bridgehead atoms. The van der Waals surface area contributed by atoms with Crippen molar-refractivity contribution in [1.82, 2.24) is 53.2 Å². The van der Waals surface area contributed by atoms with Gasteiger partial charge in [-0.3, -0.25) is 62.3 Å². The first-order valence-electron chi connectivity index (χ1n) is 50.3. The van der Waals surface area contributed by atoms with Crippen LogP contribution in [0.5, 0.6) is 0 Å². The lowest BCUT2D eigenvalue weighted by molar-refractivity contribution is -0.159. The van der Waals surface area contributed by atoms with E-state index in [1.807, 2.05) is 0 Å². The Morgan fingerprint density at radius 2 is 0.523 bits per heavy atom. The Labute approximate surface area is 777 Å². The molecule has 2 unspecified atom stereocenters. The summed E-state index contributed by atoms with van der Waals surface area (Å²) in [5, 5.41) is 66.0. The number of hydrogen-bond acceptors (Lipinski definition) is 23. The maximum absolute atomic E-state index is 14.4. The van der Waals surface area contributed by atoms with Gasteiger partial charge in [-0.1, -0.05) is 252 Å². The number of nitrogens with one attached hydrogen (secondary N) is 10. The van der Waals surface area contributed by atoms with Crippen molar-refractivity contribution in [3.8, 4) is 0 Å². The van der Waals surface area contributed by atoms with E-state index in [1.165, 1.54) is 148 Å². The van der Waals surface area contributed by atoms with E-state index in [4.69, 9.17) is 38.1 Å². The molecule has 0 saturated heterocycles. The zero-order valence-electron chi connectivity index (χ0n) is 80.2. The first kappa shape index (κ1) is 122. The first-order valence-corrected chi connectivity index (χ1v) is 50.3. The van der Waals surface area contributed by atoms with Gasteiger partial charge in [0.1, 0.15) is 73.1 Å². The number of carboxylic acid groups (broad SMARTS) is 1. The van der Waals surface area contributed by atoms with Crippen LogP contribution in [-0.4, -0.2) is 222 Å². The number of aliphatic hydroxyl groups excluding tert-OH is 3. The molecule has 11 amide bonds. The predicted octanol–water partition coefficient (Wildman–Crippen LogP) is 8.38. The minimum atomic E-state index is -1.95. The highest BCUT2D eigenvalue weighted by Crippen LogP contribution is 2.20. The van der Waals surface area contributed by atoms with Gasteiger partial charge in [0.2, 0.25) is 65.0 Å². The molecule has 0 aliphatic heterocycles. The molecule has 0 aromatic heterocycles. The third kappa shape index (κ3) is 65.0. The number of aliphatic carboxylic acids is 1. The van der Waals surface area contributed by atoms with Gasteiger partial charge in [-0.05, 0) is 149 Å². The standard InChI is InChI=1S/C95H179N15O20/c1-5-8-11-14-17-20-23-26-29-32-35-38-41-59-83(115)102-73(58-52-53-72(130-85(117)61-43-40-37-34-31-28-25-22-19-16-13-10-7-3)70-129-84(116)60-42-39-36-33-30-27-24-21-18-15-12-9-6-2)87(119)109-81(69-113)94(126)110-80(68-112)93(125)107-78(66-82(100)114)91(123)101-71(4)86(118)108-79(67-111)92(124)105-75(55-45-49-63-97)89(121)103-74(54-44-48-62-96)88(120)104-76(56-46-50-64-98)90(122)106-77(95(127)128)57-47-51-65-99/h71-81,111-113H,5-70,96-99H2,1-4H3,(H2,100,114)(H,101,123)(H,102,115)(H,103,121)(H,104,120)(H,105,124)(H,106,122)(H,107,125)(H,108,118)(H,109,119)(H,110,126)(H,127,128)/t71-,72?,73?,74-,75-,76-,77-,78-,79-,80-,81-/m0/s1. The summed E-state index contributed by atoms with van der Waals surface area (Å²) in [5.74, 6) is -13.2. The number of primary amides is 1. The van der Waals surface area contributed by atoms with E-state index < -0.39 is 176 Å². The lowest BCUT2D eigenvalue weighted by Gasteiger charge is -2.27. The fraction of sp³-hybridized carbons (Fsp3) is 0.853. The third-order valence-corrected chi connectivity index (χ3v) is 23.4. The van der Waals surface area contributed by atoms with Crippen molar-refractivity contribution in [2.24, 2.45) is 28.7 Å². The van der Waals surface area contributed by atoms with Gasteiger partial charge >= 0.3 is 17.9 Å². The minimum Gasteiger partial charge on any atom is -0.480 e. The molecule has 11 atom stereocenters. The SMILES string of the molecule is CCCCCCCCCCCCCCCC(=O)NC(CCCC(COC(=O)CCCCCCCCCCCCCCC)OC(=O)CCCCCCCCCCCCCCC)C(=O)N[C@@H](CO)C(=O)N[C@@H](CO)C(=O)N[C@@H](CC(N)=O)C(=O)N[C@@H](C)C(=O)N[C@@H](CO)C(=O)N[C@@H](CCCCN)C(=O)N[C@@H](CCCCN)C(=O)N[C@@H](CCCCN)C(=O)N[C@@H](CCCCN)C(=O)O. The Hall–Kier alpha value is -7.70. The topological polar surface area (TPSA) is 589 Å². The van der Waals surface area contributed by atoms with E-state index in [2.05, 4.69) is 73.9 Å². The number of ether oxygens (including phenoxy) is 2. The van der Waals surface area contributed by atoms with Crippen molar-refractivity contribution in [2.45, 2.75) is 467 Å². The number of esters is 2. The quantitative estimate of drug-likeness (QED) is 0.0201. The van der Waals surface area contributed by atoms with Crippen LogP contribution in [0.25, 0.3) is 0 Å². The largest absolute Gasteiger partial charge is 0.480 e. The van der Waals surface area contributed by atoms with Crippen LogP contribution in [0.3, 0.4) is 0 Å². The zero-order chi connectivity index (χ0) is 96.6. The van der Waals surface area contributed by atoms with Crippen molar-refractivity contribution in [3.05, 3.63) is 0 Å². The highest BCUT2D eigenvalue weighted by molar-refractivity contribution is 5.99. The molecule has 0 spiro atoms. The summed E-state index contributed by atoms with van der Waals surface area (Å²) < 4.78 is 11.7. The summed E-state index contributed by atoms with van der Waals surface area (Å²) in [5.41, 5.74) is 28.4. The van der Waals surface area contributed by atoms with E-state index in [9.17, 15) is 87.5 Å². The van der Waals surface area contributed by atoms with Gasteiger partial charge in [-0.15, -0.1) is 0 Å². The number of aliphatic hydroxyl groups is 3. The Balaban J connectivity index is 6.69. The van der Waals surface area contributed by atoms with Crippen LogP contribution in [0, 0.1) is 0 Å². The molecule has 0 rings (SSSR count). The van der Waals surface area contributed by atoms with Gasteiger partial charge in [-0.25, -0.2) is 4.79 Å². The second kappa shape index (κ2) is 83.1. The lowest BCUT2D eigenvalue weighted by atomic mass is 10.0. The van der Waals surface area contributed by atoms with Crippen molar-refractivity contribution >= 4 is 82.9 Å². The van der Waals surface area contributed by atoms with Gasteiger partial charge in [0.15, 0.2) is 0 Å². The van der Waals surface area contributed by atoms with E-state index >= 15 is 0 Å². The van der Waals surface area contributed by atoms with Gasteiger partial charge in [0.25, 0.3) is 0 Å². The number of amides is 11. The van der Waals surface area contributed by atoms with Crippen molar-refractivity contribution < 1.29 is 97.0 Å². The average Bonchev–Trinajstić information content (AvgIpc) is 0.863. The summed E-state index contributed by atoms with van der Waals surface area (Å²) in [4.78, 5) is 191. The van der Waals surface area contributed by atoms with Crippen LogP contribution in [-0.2, 0) is 76.6 Å². The first-order chi connectivity index (χ1) is 62.7. The molecule has 0 aromatic carbocycles. The van der Waals surface area contributed by atoms with Crippen LogP contribution in [0.4, 0.5) is 0 Å². The smallest absolute Gasteiger partial charge is 0.326 e. The second-order valence-corrected chi connectivity index (χ2v) is 35.2. The fourth-order valence-corrected chi connectivity index (χ4v) is 15.3. The average molecular weight is 1850 g/mol. The number of carbonyl (C=O) groups excluding carboxylic acids is 13. The van der Waals surface area contributed by atoms with Crippen LogP contribution < -0.4 is 81.8 Å². The molecule has 0 aliphatic rings. The number of rotatable bonds is 90. The summed E-state index contributed by atoms with van der Waals surface area (Å²) in [6, 6.07) is -15.8. The minimum absolute atomic E-state index is 0.000137. The molecule has 0 radical (unpaired) electrons. The number of carbonyl (C=O) groups is 14. The van der Waals surface area contributed by atoms with E-state index in [0.29, 0.717) is 70.8 Å². The molecule has 0 fully saturated rings. The molecule has 754 valence electrons. The Morgan fingerprint density at radius 1 is 0.269 bits per heavy atom. The van der Waals surface area contributed by atoms with Gasteiger partial charge in [-0.2, -0.15) is 0 Å². The Kier molecular flexibility index (Phi) is 78.2. The van der Waals surface area contributed by atoms with Crippen molar-refractivity contribution in [2.75, 3.05) is 52.6 Å². The number of unbranched alkanes of at least 4 members (excludes halogenated alkanes) is 40. The maximum atomic E-state index is 14.4. The maximum Gasteiger partial charge on any atom is 0.326 e. The molecule has 0 heterocycles. The molecule has 0 saturated carbocycles. The summed E-state index contributed by atoms with van der Waals surface area (Å²) in [6.45, 7) is 5.18. The molecule has 0 aromatic rings. The fourth-order valence-electron chi connectivity index (χ4n) is 15.3.